The van der Waals surface area contributed by atoms with Crippen molar-refractivity contribution in [1.29, 1.82) is 0 Å². The van der Waals surface area contributed by atoms with Crippen molar-refractivity contribution in [2.45, 2.75) is 0 Å². The zero-order chi connectivity index (χ0) is 17.6. The minimum atomic E-state index is -3.64. The number of carbonyl (C=O) groups is 1. The van der Waals surface area contributed by atoms with Crippen LogP contribution in [0.5, 0.6) is 0 Å². The molecule has 2 aromatic carbocycles. The van der Waals surface area contributed by atoms with Gasteiger partial charge in [0.1, 0.15) is 5.75 Å². The number of hydrogen-bond acceptors (Lipinski definition) is 3. The lowest BCUT2D eigenvalue weighted by molar-refractivity contribution is -0.112. The fourth-order valence-corrected chi connectivity index (χ4v) is 3.02. The second-order valence-corrected chi connectivity index (χ2v) is 7.77. The smallest absolute Gasteiger partial charge is 0.179 e. The van der Waals surface area contributed by atoms with Gasteiger partial charge in [0.2, 0.25) is 0 Å². The van der Waals surface area contributed by atoms with E-state index in [0.29, 0.717) is 15.6 Å². The second-order valence-electron chi connectivity index (χ2n) is 5.01. The molecule has 2 aromatic rings. The van der Waals surface area contributed by atoms with Crippen LogP contribution in [-0.4, -0.2) is 20.0 Å². The molecule has 0 aliphatic carbocycles. The summed E-state index contributed by atoms with van der Waals surface area (Å²) in [4.78, 5) is 11.8. The minimum Gasteiger partial charge on any atom is -0.294 e. The first-order valence-electron chi connectivity index (χ1n) is 6.97. The molecule has 124 valence electrons. The SMILES string of the molecule is O=C(/C=C/c1ccc(Cl)cc1)CS(=O)(=O)/C=C/c1ccc(Cl)cc1. The molecule has 0 aromatic heterocycles. The highest BCUT2D eigenvalue weighted by atomic mass is 35.5. The Morgan fingerprint density at radius 3 is 1.79 bits per heavy atom. The quantitative estimate of drug-likeness (QED) is 0.684. The van der Waals surface area contributed by atoms with Crippen LogP contribution in [0.4, 0.5) is 0 Å². The molecule has 2 rings (SSSR count). The van der Waals surface area contributed by atoms with E-state index in [1.807, 2.05) is 0 Å². The van der Waals surface area contributed by atoms with Crippen LogP contribution in [0.3, 0.4) is 0 Å². The normalized spacial score (nSPS) is 12.1. The van der Waals surface area contributed by atoms with Crippen LogP contribution in [0.1, 0.15) is 11.1 Å². The van der Waals surface area contributed by atoms with Crippen LogP contribution in [0.25, 0.3) is 12.2 Å². The van der Waals surface area contributed by atoms with Gasteiger partial charge >= 0.3 is 0 Å². The van der Waals surface area contributed by atoms with Gasteiger partial charge in [-0.15, -0.1) is 0 Å². The van der Waals surface area contributed by atoms with Gasteiger partial charge in [0.05, 0.1) is 0 Å². The summed E-state index contributed by atoms with van der Waals surface area (Å²) in [7, 11) is -3.64. The fourth-order valence-electron chi connectivity index (χ4n) is 1.81. The number of allylic oxidation sites excluding steroid dienone is 1. The lowest BCUT2D eigenvalue weighted by Crippen LogP contribution is -2.11. The molecule has 0 heterocycles. The summed E-state index contributed by atoms with van der Waals surface area (Å²) in [5.74, 6) is -1.08. The Kier molecular flexibility index (Phi) is 6.37. The molecule has 0 saturated carbocycles. The van der Waals surface area contributed by atoms with Gasteiger partial charge in [-0.1, -0.05) is 53.5 Å². The van der Waals surface area contributed by atoms with Gasteiger partial charge in [-0.25, -0.2) is 8.42 Å². The van der Waals surface area contributed by atoms with Gasteiger partial charge < -0.3 is 0 Å². The Morgan fingerprint density at radius 1 is 0.833 bits per heavy atom. The summed E-state index contributed by atoms with van der Waals surface area (Å²) in [6.45, 7) is 0. The first-order chi connectivity index (χ1) is 11.3. The molecule has 6 heteroatoms. The maximum absolute atomic E-state index is 12.0. The number of ketones is 1. The van der Waals surface area contributed by atoms with E-state index in [-0.39, 0.29) is 0 Å². The summed E-state index contributed by atoms with van der Waals surface area (Å²) in [6, 6.07) is 13.6. The molecular formula is C18H14Cl2O3S. The number of benzene rings is 2. The van der Waals surface area contributed by atoms with Crippen LogP contribution in [0, 0.1) is 0 Å². The largest absolute Gasteiger partial charge is 0.294 e. The fraction of sp³-hybridized carbons (Fsp3) is 0.0556. The van der Waals surface area contributed by atoms with E-state index in [9.17, 15) is 13.2 Å². The number of hydrogen-bond donors (Lipinski definition) is 0. The first-order valence-corrected chi connectivity index (χ1v) is 9.44. The molecule has 0 spiro atoms. The highest BCUT2D eigenvalue weighted by Crippen LogP contribution is 2.12. The van der Waals surface area contributed by atoms with Crippen molar-refractivity contribution < 1.29 is 13.2 Å². The van der Waals surface area contributed by atoms with Crippen LogP contribution in [0.15, 0.2) is 60.0 Å². The zero-order valence-corrected chi connectivity index (χ0v) is 14.9. The molecule has 0 aliphatic rings. The van der Waals surface area contributed by atoms with E-state index in [4.69, 9.17) is 23.2 Å². The molecule has 24 heavy (non-hydrogen) atoms. The molecule has 0 saturated heterocycles. The topological polar surface area (TPSA) is 51.2 Å². The van der Waals surface area contributed by atoms with E-state index in [1.54, 1.807) is 54.6 Å². The van der Waals surface area contributed by atoms with Crippen LogP contribution >= 0.6 is 23.2 Å². The lowest BCUT2D eigenvalue weighted by Gasteiger charge is -1.97. The molecular weight excluding hydrogens is 367 g/mol. The summed E-state index contributed by atoms with van der Waals surface area (Å²) < 4.78 is 23.9. The van der Waals surface area contributed by atoms with Crippen molar-refractivity contribution in [1.82, 2.24) is 0 Å². The van der Waals surface area contributed by atoms with Crippen molar-refractivity contribution in [2.24, 2.45) is 0 Å². The average Bonchev–Trinajstić information content (AvgIpc) is 2.53. The predicted octanol–water partition coefficient (Wildman–Crippen LogP) is 4.66. The molecule has 0 amide bonds. The third-order valence-electron chi connectivity index (χ3n) is 3.01. The van der Waals surface area contributed by atoms with Gasteiger partial charge in [0, 0.05) is 15.5 Å². The maximum atomic E-state index is 12.0. The standard InChI is InChI=1S/C18H14Cl2O3S/c19-16-6-1-14(2-7-16)5-10-18(21)13-24(22,23)12-11-15-3-8-17(20)9-4-15/h1-12H,13H2/b10-5+,12-11+. The van der Waals surface area contributed by atoms with Gasteiger partial charge in [0.25, 0.3) is 0 Å². The minimum absolute atomic E-state index is 0.495. The van der Waals surface area contributed by atoms with Gasteiger partial charge in [0.15, 0.2) is 15.6 Å². The molecule has 0 radical (unpaired) electrons. The van der Waals surface area contributed by atoms with Crippen LogP contribution in [-0.2, 0) is 14.6 Å². The average molecular weight is 381 g/mol. The monoisotopic (exact) mass is 380 g/mol. The summed E-state index contributed by atoms with van der Waals surface area (Å²) in [6.07, 6.45) is 4.23. The second kappa shape index (κ2) is 8.29. The highest BCUT2D eigenvalue weighted by molar-refractivity contribution is 7.95. The molecule has 0 bridgehead atoms. The van der Waals surface area contributed by atoms with E-state index in [1.165, 1.54) is 12.2 Å². The summed E-state index contributed by atoms with van der Waals surface area (Å²) in [5.41, 5.74) is 1.45. The van der Waals surface area contributed by atoms with E-state index in [2.05, 4.69) is 0 Å². The Hall–Kier alpha value is -1.88. The van der Waals surface area contributed by atoms with Crippen molar-refractivity contribution >= 4 is 51.0 Å². The van der Waals surface area contributed by atoms with E-state index >= 15 is 0 Å². The first kappa shape index (κ1) is 18.5. The maximum Gasteiger partial charge on any atom is 0.179 e. The van der Waals surface area contributed by atoms with Gasteiger partial charge in [-0.3, -0.25) is 4.79 Å². The van der Waals surface area contributed by atoms with Crippen molar-refractivity contribution in [3.8, 4) is 0 Å². The number of rotatable bonds is 6. The number of sulfone groups is 1. The third-order valence-corrected chi connectivity index (χ3v) is 4.75. The molecule has 0 fully saturated rings. The number of carbonyl (C=O) groups excluding carboxylic acids is 1. The molecule has 0 aliphatic heterocycles. The Balaban J connectivity index is 1.98. The van der Waals surface area contributed by atoms with Gasteiger partial charge in [-0.2, -0.15) is 0 Å². The van der Waals surface area contributed by atoms with E-state index in [0.717, 1.165) is 11.0 Å². The van der Waals surface area contributed by atoms with Crippen molar-refractivity contribution in [3.63, 3.8) is 0 Å². The summed E-state index contributed by atoms with van der Waals surface area (Å²) >= 11 is 11.5. The van der Waals surface area contributed by atoms with Gasteiger partial charge in [-0.05, 0) is 47.5 Å². The summed E-state index contributed by atoms with van der Waals surface area (Å²) in [5, 5.41) is 2.19. The lowest BCUT2D eigenvalue weighted by atomic mass is 10.2. The number of halogens is 2. The molecule has 0 N–H and O–H groups in total. The van der Waals surface area contributed by atoms with E-state index < -0.39 is 21.4 Å². The Bertz CT molecular complexity index is 865. The molecule has 3 nitrogen and oxygen atoms in total. The predicted molar refractivity (Wildman–Crippen MR) is 99.8 cm³/mol. The molecule has 0 unspecified atom stereocenters. The van der Waals surface area contributed by atoms with Crippen molar-refractivity contribution in [2.75, 3.05) is 5.75 Å². The van der Waals surface area contributed by atoms with Crippen molar-refractivity contribution in [3.05, 3.63) is 81.2 Å². The van der Waals surface area contributed by atoms with Crippen LogP contribution < -0.4 is 0 Å². The Morgan fingerprint density at radius 2 is 1.29 bits per heavy atom. The third kappa shape index (κ3) is 6.32. The Labute approximate surface area is 151 Å². The van der Waals surface area contributed by atoms with Crippen LogP contribution in [0.2, 0.25) is 10.0 Å². The molecule has 0 atom stereocenters. The zero-order valence-electron chi connectivity index (χ0n) is 12.5. The highest BCUT2D eigenvalue weighted by Gasteiger charge is 2.11.